The highest BCUT2D eigenvalue weighted by atomic mass is 16.2. The van der Waals surface area contributed by atoms with Crippen LogP contribution >= 0.6 is 0 Å². The molecule has 0 saturated heterocycles. The monoisotopic (exact) mass is 300 g/mol. The number of carbonyl (C=O) groups excluding carboxylic acids is 1. The summed E-state index contributed by atoms with van der Waals surface area (Å²) in [5, 5.41) is 7.23. The molecule has 2 aromatic rings. The van der Waals surface area contributed by atoms with E-state index >= 15 is 0 Å². The van der Waals surface area contributed by atoms with Crippen molar-refractivity contribution in [2.24, 2.45) is 0 Å². The van der Waals surface area contributed by atoms with E-state index in [1.807, 2.05) is 37.4 Å². The van der Waals surface area contributed by atoms with Gasteiger partial charge in [0, 0.05) is 31.9 Å². The third-order valence-electron chi connectivity index (χ3n) is 3.35. The van der Waals surface area contributed by atoms with E-state index in [1.165, 1.54) is 11.0 Å². The van der Waals surface area contributed by atoms with Crippen LogP contribution in [0.3, 0.4) is 0 Å². The van der Waals surface area contributed by atoms with Crippen molar-refractivity contribution in [3.05, 3.63) is 58.0 Å². The first-order valence-electron chi connectivity index (χ1n) is 7.11. The van der Waals surface area contributed by atoms with E-state index in [0.29, 0.717) is 18.8 Å². The third kappa shape index (κ3) is 3.40. The van der Waals surface area contributed by atoms with Gasteiger partial charge in [-0.2, -0.15) is 5.10 Å². The van der Waals surface area contributed by atoms with E-state index < -0.39 is 0 Å². The van der Waals surface area contributed by atoms with Crippen molar-refractivity contribution in [3.8, 4) is 5.69 Å². The summed E-state index contributed by atoms with van der Waals surface area (Å²) >= 11 is 0. The van der Waals surface area contributed by atoms with Crippen LogP contribution in [0.4, 0.5) is 0 Å². The molecule has 0 atom stereocenters. The van der Waals surface area contributed by atoms with E-state index in [0.717, 1.165) is 5.69 Å². The number of hydrogen-bond donors (Lipinski definition) is 1. The highest BCUT2D eigenvalue weighted by molar-refractivity contribution is 5.91. The van der Waals surface area contributed by atoms with Crippen LogP contribution in [0, 0.1) is 6.92 Å². The first-order valence-corrected chi connectivity index (χ1v) is 7.11. The van der Waals surface area contributed by atoms with Crippen LogP contribution in [0.25, 0.3) is 5.69 Å². The lowest BCUT2D eigenvalue weighted by atomic mass is 10.2. The molecule has 6 nitrogen and oxygen atoms in total. The second-order valence-electron chi connectivity index (χ2n) is 5.08. The van der Waals surface area contributed by atoms with Crippen molar-refractivity contribution in [3.63, 3.8) is 0 Å². The van der Waals surface area contributed by atoms with Gasteiger partial charge in [0.1, 0.15) is 0 Å². The lowest BCUT2D eigenvalue weighted by molar-refractivity contribution is 0.0787. The molecule has 1 aromatic heterocycles. The summed E-state index contributed by atoms with van der Waals surface area (Å²) in [7, 11) is 3.47. The first-order chi connectivity index (χ1) is 10.5. The van der Waals surface area contributed by atoms with Gasteiger partial charge in [-0.25, -0.2) is 4.68 Å². The molecule has 0 aliphatic heterocycles. The quantitative estimate of drug-likeness (QED) is 0.888. The van der Waals surface area contributed by atoms with Crippen LogP contribution in [0.2, 0.25) is 0 Å². The maximum Gasteiger partial charge on any atom is 0.278 e. The number of amides is 1. The van der Waals surface area contributed by atoms with Gasteiger partial charge in [-0.3, -0.25) is 9.59 Å². The molecule has 22 heavy (non-hydrogen) atoms. The average Bonchev–Trinajstić information content (AvgIpc) is 2.53. The summed E-state index contributed by atoms with van der Waals surface area (Å²) in [5.74, 6) is -0.370. The van der Waals surface area contributed by atoms with Gasteiger partial charge < -0.3 is 10.2 Å². The van der Waals surface area contributed by atoms with Crippen LogP contribution in [-0.2, 0) is 0 Å². The molecule has 116 valence electrons. The fourth-order valence-corrected chi connectivity index (χ4v) is 2.09. The molecule has 0 unspecified atom stereocenters. The molecule has 2 rings (SSSR count). The molecule has 0 saturated carbocycles. The first kappa shape index (κ1) is 15.9. The summed E-state index contributed by atoms with van der Waals surface area (Å²) < 4.78 is 1.61. The van der Waals surface area contributed by atoms with E-state index in [1.54, 1.807) is 18.7 Å². The lowest BCUT2D eigenvalue weighted by Gasteiger charge is -2.17. The lowest BCUT2D eigenvalue weighted by Crippen LogP contribution is -2.37. The van der Waals surface area contributed by atoms with Gasteiger partial charge in [-0.15, -0.1) is 0 Å². The maximum atomic E-state index is 12.4. The van der Waals surface area contributed by atoms with Crippen molar-refractivity contribution in [2.45, 2.75) is 6.92 Å². The number of carbonyl (C=O) groups is 1. The molecule has 0 spiro atoms. The smallest absolute Gasteiger partial charge is 0.278 e. The van der Waals surface area contributed by atoms with E-state index in [4.69, 9.17) is 0 Å². The van der Waals surface area contributed by atoms with Crippen LogP contribution < -0.4 is 10.7 Å². The predicted octanol–water partition coefficient (Wildman–Crippen LogP) is 0.832. The Morgan fingerprint density at radius 3 is 2.64 bits per heavy atom. The fraction of sp³-hybridized carbons (Fsp3) is 0.312. The molecular formula is C16H20N4O2. The average molecular weight is 300 g/mol. The van der Waals surface area contributed by atoms with Crippen molar-refractivity contribution in [2.75, 3.05) is 27.2 Å². The molecule has 0 aliphatic carbocycles. The van der Waals surface area contributed by atoms with Crippen LogP contribution in [0.15, 0.2) is 41.2 Å². The zero-order valence-corrected chi connectivity index (χ0v) is 13.0. The molecule has 1 heterocycles. The summed E-state index contributed by atoms with van der Waals surface area (Å²) in [5.41, 5.74) is 1.08. The van der Waals surface area contributed by atoms with Crippen LogP contribution in [-0.4, -0.2) is 47.8 Å². The Hall–Kier alpha value is -2.47. The number of rotatable bonds is 5. The number of benzene rings is 1. The van der Waals surface area contributed by atoms with Crippen LogP contribution in [0.1, 0.15) is 16.2 Å². The largest absolute Gasteiger partial charge is 0.339 e. The highest BCUT2D eigenvalue weighted by Crippen LogP contribution is 2.08. The topological polar surface area (TPSA) is 67.2 Å². The van der Waals surface area contributed by atoms with E-state index in [9.17, 15) is 9.59 Å². The number of para-hydroxylation sites is 1. The number of aromatic nitrogens is 2. The van der Waals surface area contributed by atoms with Crippen molar-refractivity contribution < 1.29 is 4.79 Å². The van der Waals surface area contributed by atoms with Gasteiger partial charge in [0.25, 0.3) is 5.91 Å². The maximum absolute atomic E-state index is 12.4. The van der Waals surface area contributed by atoms with Gasteiger partial charge in [0.2, 0.25) is 5.43 Å². The SMILES string of the molecule is CNCCN(C)C(=O)c1nn(-c2ccccc2)c(C)cc1=O. The molecule has 0 radical (unpaired) electrons. The second-order valence-corrected chi connectivity index (χ2v) is 5.08. The fourth-order valence-electron chi connectivity index (χ4n) is 2.09. The number of likely N-dealkylation sites (N-methyl/N-ethyl adjacent to an activating group) is 2. The van der Waals surface area contributed by atoms with Gasteiger partial charge in [0.05, 0.1) is 5.69 Å². The van der Waals surface area contributed by atoms with Gasteiger partial charge in [0.15, 0.2) is 5.69 Å². The Labute approximate surface area is 129 Å². The minimum Gasteiger partial charge on any atom is -0.339 e. The molecule has 0 bridgehead atoms. The normalized spacial score (nSPS) is 10.5. The zero-order valence-electron chi connectivity index (χ0n) is 13.0. The molecule has 0 fully saturated rings. The third-order valence-corrected chi connectivity index (χ3v) is 3.35. The number of nitrogens with zero attached hydrogens (tertiary/aromatic N) is 3. The van der Waals surface area contributed by atoms with Crippen molar-refractivity contribution in [1.29, 1.82) is 0 Å². The Bertz CT molecular complexity index is 710. The van der Waals surface area contributed by atoms with Crippen molar-refractivity contribution >= 4 is 5.91 Å². The molecule has 1 N–H and O–H groups in total. The summed E-state index contributed by atoms with van der Waals surface area (Å²) in [6.07, 6.45) is 0. The Kier molecular flexibility index (Phi) is 5.06. The predicted molar refractivity (Wildman–Crippen MR) is 85.5 cm³/mol. The Morgan fingerprint density at radius 1 is 1.32 bits per heavy atom. The molecular weight excluding hydrogens is 280 g/mol. The summed E-state index contributed by atoms with van der Waals surface area (Å²) in [6, 6.07) is 10.9. The minimum absolute atomic E-state index is 0.0620. The molecule has 1 aromatic carbocycles. The van der Waals surface area contributed by atoms with Crippen molar-refractivity contribution in [1.82, 2.24) is 20.0 Å². The van der Waals surface area contributed by atoms with Gasteiger partial charge in [-0.1, -0.05) is 18.2 Å². The number of nitrogens with one attached hydrogen (secondary N) is 1. The van der Waals surface area contributed by atoms with Gasteiger partial charge in [-0.05, 0) is 26.1 Å². The highest BCUT2D eigenvalue weighted by Gasteiger charge is 2.18. The molecule has 1 amide bonds. The Balaban J connectivity index is 2.41. The van der Waals surface area contributed by atoms with Crippen LogP contribution in [0.5, 0.6) is 0 Å². The zero-order chi connectivity index (χ0) is 16.1. The van der Waals surface area contributed by atoms with E-state index in [2.05, 4.69) is 10.4 Å². The van der Waals surface area contributed by atoms with E-state index in [-0.39, 0.29) is 17.0 Å². The molecule has 0 aliphatic rings. The second kappa shape index (κ2) is 7.00. The number of hydrogen-bond acceptors (Lipinski definition) is 4. The summed E-state index contributed by atoms with van der Waals surface area (Å²) in [6.45, 7) is 2.96. The molecule has 6 heteroatoms. The summed E-state index contributed by atoms with van der Waals surface area (Å²) in [4.78, 5) is 26.0. The van der Waals surface area contributed by atoms with Gasteiger partial charge >= 0.3 is 0 Å². The standard InChI is InChI=1S/C16H20N4O2/c1-12-11-14(21)15(16(22)19(3)10-9-17-2)18-20(12)13-7-5-4-6-8-13/h4-8,11,17H,9-10H2,1-3H3. The number of aryl methyl sites for hydroxylation is 1. The minimum atomic E-state index is -0.370. The Morgan fingerprint density at radius 2 is 2.00 bits per heavy atom.